The first kappa shape index (κ1) is 27.5. The van der Waals surface area contributed by atoms with Crippen molar-refractivity contribution >= 4 is 39.0 Å². The van der Waals surface area contributed by atoms with Gasteiger partial charge in [0.2, 0.25) is 0 Å². The number of aromatic nitrogens is 2. The lowest BCUT2D eigenvalue weighted by Crippen LogP contribution is -2.29. The highest BCUT2D eigenvalue weighted by Crippen LogP contribution is 2.44. The van der Waals surface area contributed by atoms with Gasteiger partial charge in [0.15, 0.2) is 5.82 Å². The van der Waals surface area contributed by atoms with E-state index in [2.05, 4.69) is 31.4 Å². The van der Waals surface area contributed by atoms with Crippen molar-refractivity contribution in [2.45, 2.75) is 46.6 Å². The van der Waals surface area contributed by atoms with E-state index >= 15 is 0 Å². The molecule has 0 radical (unpaired) electrons. The molecule has 0 saturated carbocycles. The van der Waals surface area contributed by atoms with Gasteiger partial charge in [-0.3, -0.25) is 14.9 Å². The zero-order valence-electron chi connectivity index (χ0n) is 22.9. The minimum atomic E-state index is -0.486. The maximum absolute atomic E-state index is 12.5. The first-order chi connectivity index (χ1) is 19.2. The third kappa shape index (κ3) is 6.22. The number of nitrogens with one attached hydrogen (secondary N) is 2. The van der Waals surface area contributed by atoms with E-state index in [4.69, 9.17) is 14.7 Å². The Hall–Kier alpha value is -4.05. The largest absolute Gasteiger partial charge is 0.486 e. The summed E-state index contributed by atoms with van der Waals surface area (Å²) < 4.78 is 5.94. The van der Waals surface area contributed by atoms with Crippen molar-refractivity contribution < 1.29 is 14.5 Å². The maximum atomic E-state index is 12.5. The van der Waals surface area contributed by atoms with Crippen LogP contribution in [0.25, 0.3) is 10.2 Å². The van der Waals surface area contributed by atoms with E-state index in [1.54, 1.807) is 11.3 Å². The van der Waals surface area contributed by atoms with Gasteiger partial charge in [-0.15, -0.1) is 11.3 Å². The molecule has 2 N–H and O–H groups in total. The van der Waals surface area contributed by atoms with Crippen LogP contribution in [0.4, 0.5) is 11.5 Å². The van der Waals surface area contributed by atoms with Crippen LogP contribution in [0.3, 0.4) is 0 Å². The molecule has 10 heteroatoms. The molecule has 2 heterocycles. The zero-order chi connectivity index (χ0) is 28.3. The number of nitro benzene ring substituents is 1. The van der Waals surface area contributed by atoms with Crippen molar-refractivity contribution in [3.8, 4) is 5.75 Å². The number of thiophene rings is 1. The van der Waals surface area contributed by atoms with Gasteiger partial charge in [-0.05, 0) is 60.4 Å². The van der Waals surface area contributed by atoms with E-state index < -0.39 is 4.92 Å². The fourth-order valence-corrected chi connectivity index (χ4v) is 6.33. The molecular weight excluding hydrogens is 526 g/mol. The summed E-state index contributed by atoms with van der Waals surface area (Å²) in [7, 11) is 0. The number of fused-ring (bicyclic) bond motifs is 3. The lowest BCUT2D eigenvalue weighted by atomic mass is 9.72. The molecule has 1 atom stereocenters. The van der Waals surface area contributed by atoms with Gasteiger partial charge in [0.1, 0.15) is 23.0 Å². The number of carbonyl (C=O) groups is 1. The van der Waals surface area contributed by atoms with Gasteiger partial charge in [0.25, 0.3) is 11.6 Å². The molecule has 40 heavy (non-hydrogen) atoms. The summed E-state index contributed by atoms with van der Waals surface area (Å²) in [5.41, 5.74) is 1.90. The summed E-state index contributed by atoms with van der Waals surface area (Å²) in [6.07, 6.45) is 3.17. The van der Waals surface area contributed by atoms with Crippen molar-refractivity contribution in [3.63, 3.8) is 0 Å². The summed E-state index contributed by atoms with van der Waals surface area (Å²) >= 11 is 1.75. The molecule has 4 aromatic rings. The standard InChI is InChI=1S/C30H33N5O4S/c1-30(2,3)20-11-14-23-24(17-20)40-29-26(23)27(33-25(34-29)18-39-22-7-5-4-6-8-22)31-15-16-32-28(36)19-9-12-21(13-10-19)35(37)38/h4-10,12-13,20H,11,14-18H2,1-3H3,(H,32,36)(H,31,33,34). The molecule has 1 unspecified atom stereocenters. The predicted molar refractivity (Wildman–Crippen MR) is 157 cm³/mol. The summed E-state index contributed by atoms with van der Waals surface area (Å²) in [6.45, 7) is 8.00. The molecule has 9 nitrogen and oxygen atoms in total. The number of aryl methyl sites for hydroxylation is 1. The number of ether oxygens (including phenoxy) is 1. The van der Waals surface area contributed by atoms with Crippen molar-refractivity contribution in [2.75, 3.05) is 18.4 Å². The number of carbonyl (C=O) groups excluding carboxylic acids is 1. The summed E-state index contributed by atoms with van der Waals surface area (Å²) in [4.78, 5) is 35.0. The van der Waals surface area contributed by atoms with Gasteiger partial charge in [-0.25, -0.2) is 9.97 Å². The van der Waals surface area contributed by atoms with Crippen LogP contribution in [0.1, 0.15) is 53.8 Å². The van der Waals surface area contributed by atoms with Crippen molar-refractivity contribution in [2.24, 2.45) is 11.3 Å². The molecule has 0 spiro atoms. The van der Waals surface area contributed by atoms with Crippen LogP contribution in [0, 0.1) is 21.4 Å². The van der Waals surface area contributed by atoms with Gasteiger partial charge >= 0.3 is 0 Å². The van der Waals surface area contributed by atoms with Crippen LogP contribution in [0.15, 0.2) is 54.6 Å². The lowest BCUT2D eigenvalue weighted by Gasteiger charge is -2.33. The number of non-ortho nitro benzene ring substituents is 1. The molecule has 1 aliphatic carbocycles. The molecule has 1 aliphatic rings. The first-order valence-electron chi connectivity index (χ1n) is 13.4. The van der Waals surface area contributed by atoms with Crippen molar-refractivity contribution in [1.82, 2.24) is 15.3 Å². The second-order valence-corrected chi connectivity index (χ2v) is 12.2. The number of hydrogen-bond acceptors (Lipinski definition) is 8. The van der Waals surface area contributed by atoms with Gasteiger partial charge in [-0.2, -0.15) is 0 Å². The molecule has 0 saturated heterocycles. The smallest absolute Gasteiger partial charge is 0.269 e. The molecular formula is C30H33N5O4S. The van der Waals surface area contributed by atoms with E-state index in [1.165, 1.54) is 34.7 Å². The average Bonchev–Trinajstić information content (AvgIpc) is 3.32. The minimum absolute atomic E-state index is 0.0500. The topological polar surface area (TPSA) is 119 Å². The van der Waals surface area contributed by atoms with E-state index in [-0.39, 0.29) is 23.6 Å². The maximum Gasteiger partial charge on any atom is 0.269 e. The first-order valence-corrected chi connectivity index (χ1v) is 14.3. The monoisotopic (exact) mass is 559 g/mol. The molecule has 1 amide bonds. The quantitative estimate of drug-likeness (QED) is 0.143. The Balaban J connectivity index is 1.33. The number of amides is 1. The lowest BCUT2D eigenvalue weighted by molar-refractivity contribution is -0.384. The molecule has 2 aromatic carbocycles. The van der Waals surface area contributed by atoms with E-state index in [1.807, 2.05) is 30.3 Å². The fraction of sp³-hybridized carbons (Fsp3) is 0.367. The van der Waals surface area contributed by atoms with Crippen LogP contribution in [-0.4, -0.2) is 33.9 Å². The fourth-order valence-electron chi connectivity index (χ4n) is 5.01. The van der Waals surface area contributed by atoms with E-state index in [0.29, 0.717) is 30.4 Å². The highest BCUT2D eigenvalue weighted by molar-refractivity contribution is 7.19. The van der Waals surface area contributed by atoms with Crippen LogP contribution in [-0.2, 0) is 19.4 Å². The highest BCUT2D eigenvalue weighted by Gasteiger charge is 2.32. The number of anilines is 1. The Morgan fingerprint density at radius 1 is 1.10 bits per heavy atom. The third-order valence-corrected chi connectivity index (χ3v) is 8.48. The van der Waals surface area contributed by atoms with Crippen LogP contribution >= 0.6 is 11.3 Å². The molecule has 208 valence electrons. The molecule has 0 bridgehead atoms. The molecule has 0 fully saturated rings. The average molecular weight is 560 g/mol. The number of hydrogen-bond donors (Lipinski definition) is 2. The molecule has 5 rings (SSSR count). The summed E-state index contributed by atoms with van der Waals surface area (Å²) in [5, 5.41) is 18.2. The van der Waals surface area contributed by atoms with Gasteiger partial charge in [0, 0.05) is 35.7 Å². The van der Waals surface area contributed by atoms with Gasteiger partial charge in [0.05, 0.1) is 10.3 Å². The summed E-state index contributed by atoms with van der Waals surface area (Å²) in [6, 6.07) is 15.2. The van der Waals surface area contributed by atoms with Crippen LogP contribution in [0.5, 0.6) is 5.75 Å². The number of nitro groups is 1. The SMILES string of the molecule is CC(C)(C)C1CCc2c(sc3nc(COc4ccccc4)nc(NCCNC(=O)c4ccc([N+](=O)[O-])cc4)c23)C1. The third-order valence-electron chi connectivity index (χ3n) is 7.33. The number of rotatable bonds is 9. The van der Waals surface area contributed by atoms with E-state index in [0.717, 1.165) is 41.0 Å². The minimum Gasteiger partial charge on any atom is -0.486 e. The summed E-state index contributed by atoms with van der Waals surface area (Å²) in [5.74, 6) is 2.44. The highest BCUT2D eigenvalue weighted by atomic mass is 32.1. The number of nitrogens with zero attached hydrogens (tertiary/aromatic N) is 3. The molecule has 0 aliphatic heterocycles. The second-order valence-electron chi connectivity index (χ2n) is 11.1. The Morgan fingerprint density at radius 3 is 2.55 bits per heavy atom. The van der Waals surface area contributed by atoms with Gasteiger partial charge < -0.3 is 15.4 Å². The van der Waals surface area contributed by atoms with Crippen LogP contribution < -0.4 is 15.4 Å². The Labute approximate surface area is 237 Å². The Morgan fingerprint density at radius 2 is 1.85 bits per heavy atom. The Kier molecular flexibility index (Phi) is 7.97. The number of para-hydroxylation sites is 1. The van der Waals surface area contributed by atoms with Crippen molar-refractivity contribution in [3.05, 3.63) is 86.5 Å². The Bertz CT molecular complexity index is 1510. The normalized spacial score (nSPS) is 14.9. The van der Waals surface area contributed by atoms with Crippen LogP contribution in [0.2, 0.25) is 0 Å². The van der Waals surface area contributed by atoms with Gasteiger partial charge in [-0.1, -0.05) is 39.0 Å². The van der Waals surface area contributed by atoms with E-state index in [9.17, 15) is 14.9 Å². The zero-order valence-corrected chi connectivity index (χ0v) is 23.7. The predicted octanol–water partition coefficient (Wildman–Crippen LogP) is 6.17. The molecule has 2 aromatic heterocycles. The second kappa shape index (κ2) is 11.6. The number of benzene rings is 2. The van der Waals surface area contributed by atoms with Crippen molar-refractivity contribution in [1.29, 1.82) is 0 Å².